The second-order valence-electron chi connectivity index (χ2n) is 6.19. The van der Waals surface area contributed by atoms with Gasteiger partial charge in [0.05, 0.1) is 12.0 Å². The molecule has 0 aliphatic carbocycles. The van der Waals surface area contributed by atoms with E-state index < -0.39 is 6.04 Å². The van der Waals surface area contributed by atoms with E-state index in [1.807, 2.05) is 48.0 Å². The average molecular weight is 339 g/mol. The van der Waals surface area contributed by atoms with Gasteiger partial charge in [-0.15, -0.1) is 0 Å². The van der Waals surface area contributed by atoms with Crippen molar-refractivity contribution in [3.63, 3.8) is 0 Å². The van der Waals surface area contributed by atoms with Gasteiger partial charge in [-0.1, -0.05) is 18.2 Å². The van der Waals surface area contributed by atoms with Gasteiger partial charge >= 0.3 is 0 Å². The number of hydrazone groups is 1. The minimum absolute atomic E-state index is 0.0122. The number of aromatic nitrogens is 2. The van der Waals surface area contributed by atoms with Crippen LogP contribution in [0.5, 0.6) is 0 Å². The minimum atomic E-state index is -0.438. The van der Waals surface area contributed by atoms with Gasteiger partial charge in [-0.2, -0.15) is 5.10 Å². The number of Topliss-reactive ketones (excluding diaryl/α,β-unsaturated/α-hetero) is 1. The maximum absolute atomic E-state index is 12.5. The van der Waals surface area contributed by atoms with E-state index in [9.17, 15) is 9.59 Å². The van der Waals surface area contributed by atoms with Crippen LogP contribution in [-0.4, -0.2) is 39.0 Å². The summed E-state index contributed by atoms with van der Waals surface area (Å²) in [6.45, 7) is 4.07. The summed E-state index contributed by atoms with van der Waals surface area (Å²) in [5, 5.41) is 8.98. The zero-order chi connectivity index (χ0) is 17.8. The highest BCUT2D eigenvalue weighted by atomic mass is 16.2. The van der Waals surface area contributed by atoms with Crippen LogP contribution >= 0.6 is 0 Å². The fraction of sp³-hybridized carbons (Fsp3) is 0.333. The summed E-state index contributed by atoms with van der Waals surface area (Å²) >= 11 is 0. The first-order valence-corrected chi connectivity index (χ1v) is 8.23. The molecular formula is C18H21N5O2. The molecule has 0 saturated heterocycles. The Kier molecular flexibility index (Phi) is 4.92. The molecule has 7 heteroatoms. The van der Waals surface area contributed by atoms with Gasteiger partial charge in [0.15, 0.2) is 5.78 Å². The van der Waals surface area contributed by atoms with Crippen molar-refractivity contribution >= 4 is 23.1 Å². The zero-order valence-corrected chi connectivity index (χ0v) is 14.3. The number of ketones is 1. The number of para-hydroxylation sites is 1. The van der Waals surface area contributed by atoms with Crippen molar-refractivity contribution in [3.05, 3.63) is 49.1 Å². The molecule has 1 amide bonds. The molecule has 1 aliphatic heterocycles. The number of anilines is 1. The van der Waals surface area contributed by atoms with Crippen LogP contribution in [0.2, 0.25) is 0 Å². The molecule has 0 radical (unpaired) electrons. The minimum Gasteiger partial charge on any atom is -0.347 e. The number of rotatable bonds is 6. The lowest BCUT2D eigenvalue weighted by Crippen LogP contribution is -2.40. The van der Waals surface area contributed by atoms with Crippen molar-refractivity contribution in [2.24, 2.45) is 5.10 Å². The van der Waals surface area contributed by atoms with Crippen LogP contribution < -0.4 is 10.3 Å². The Bertz CT molecular complexity index is 770. The van der Waals surface area contributed by atoms with Crippen LogP contribution in [0.1, 0.15) is 20.3 Å². The van der Waals surface area contributed by atoms with Crippen LogP contribution in [0.15, 0.2) is 54.2 Å². The first kappa shape index (κ1) is 16.9. The van der Waals surface area contributed by atoms with E-state index in [0.29, 0.717) is 18.7 Å². The van der Waals surface area contributed by atoms with Gasteiger partial charge in [-0.05, 0) is 26.0 Å². The largest absolute Gasteiger partial charge is 0.347 e. The SMILES string of the molecule is CC(=O)[C@@H]1CC(C(=O)N[C@H](C)Cn2ccnc2)=NN1c1ccccc1. The molecular weight excluding hydrogens is 318 g/mol. The first-order valence-electron chi connectivity index (χ1n) is 8.23. The molecule has 7 nitrogen and oxygen atoms in total. The second kappa shape index (κ2) is 7.29. The predicted molar refractivity (Wildman–Crippen MR) is 95.3 cm³/mol. The monoisotopic (exact) mass is 339 g/mol. The fourth-order valence-corrected chi connectivity index (χ4v) is 2.85. The molecule has 2 atom stereocenters. The number of carbonyl (C=O) groups is 2. The summed E-state index contributed by atoms with van der Waals surface area (Å²) < 4.78 is 1.90. The van der Waals surface area contributed by atoms with Gasteiger partial charge in [-0.3, -0.25) is 14.6 Å². The smallest absolute Gasteiger partial charge is 0.267 e. The molecule has 0 fully saturated rings. The first-order chi connectivity index (χ1) is 12.0. The summed E-state index contributed by atoms with van der Waals surface area (Å²) in [5.74, 6) is -0.251. The summed E-state index contributed by atoms with van der Waals surface area (Å²) in [6, 6.07) is 8.90. The zero-order valence-electron chi connectivity index (χ0n) is 14.3. The topological polar surface area (TPSA) is 79.6 Å². The van der Waals surface area contributed by atoms with Gasteiger partial charge in [0, 0.05) is 31.4 Å². The Balaban J connectivity index is 1.70. The summed E-state index contributed by atoms with van der Waals surface area (Å²) in [7, 11) is 0. The normalized spacial score (nSPS) is 17.9. The van der Waals surface area contributed by atoms with E-state index in [1.165, 1.54) is 6.92 Å². The van der Waals surface area contributed by atoms with E-state index in [-0.39, 0.29) is 17.7 Å². The Hall–Kier alpha value is -2.96. The Morgan fingerprint density at radius 3 is 2.72 bits per heavy atom. The summed E-state index contributed by atoms with van der Waals surface area (Å²) in [4.78, 5) is 28.5. The Labute approximate surface area is 146 Å². The van der Waals surface area contributed by atoms with E-state index in [4.69, 9.17) is 0 Å². The number of nitrogens with zero attached hydrogens (tertiary/aromatic N) is 4. The molecule has 0 unspecified atom stereocenters. The third kappa shape index (κ3) is 3.93. The standard InChI is InChI=1S/C18H21N5O2/c1-13(11-22-9-8-19-12-22)20-18(25)16-10-17(14(2)24)23(21-16)15-6-4-3-5-7-15/h3-9,12-13,17H,10-11H2,1-2H3,(H,20,25)/t13-,17+/m1/s1. The number of benzene rings is 1. The number of nitrogens with one attached hydrogen (secondary N) is 1. The van der Waals surface area contributed by atoms with Gasteiger partial charge in [0.2, 0.25) is 0 Å². The third-order valence-corrected chi connectivity index (χ3v) is 4.08. The van der Waals surface area contributed by atoms with Crippen molar-refractivity contribution in [2.45, 2.75) is 38.9 Å². The number of hydrogen-bond acceptors (Lipinski definition) is 5. The lowest BCUT2D eigenvalue weighted by atomic mass is 10.1. The maximum atomic E-state index is 12.5. The molecule has 2 aromatic rings. The average Bonchev–Trinajstić information content (AvgIpc) is 3.24. The highest BCUT2D eigenvalue weighted by Crippen LogP contribution is 2.25. The van der Waals surface area contributed by atoms with Gasteiger partial charge in [0.25, 0.3) is 5.91 Å². The lowest BCUT2D eigenvalue weighted by Gasteiger charge is -2.20. The van der Waals surface area contributed by atoms with Crippen molar-refractivity contribution < 1.29 is 9.59 Å². The fourth-order valence-electron chi connectivity index (χ4n) is 2.85. The molecule has 0 bridgehead atoms. The number of hydrogen-bond donors (Lipinski definition) is 1. The quantitative estimate of drug-likeness (QED) is 0.867. The van der Waals surface area contributed by atoms with Crippen LogP contribution in [-0.2, 0) is 16.1 Å². The van der Waals surface area contributed by atoms with Crippen LogP contribution in [0, 0.1) is 0 Å². The van der Waals surface area contributed by atoms with E-state index in [2.05, 4.69) is 15.4 Å². The molecule has 1 N–H and O–H groups in total. The van der Waals surface area contributed by atoms with Crippen LogP contribution in [0.25, 0.3) is 0 Å². The third-order valence-electron chi connectivity index (χ3n) is 4.08. The molecule has 1 aromatic heterocycles. The molecule has 0 saturated carbocycles. The van der Waals surface area contributed by atoms with E-state index >= 15 is 0 Å². The molecule has 130 valence electrons. The molecule has 1 aliphatic rings. The maximum Gasteiger partial charge on any atom is 0.267 e. The molecule has 25 heavy (non-hydrogen) atoms. The number of amides is 1. The second-order valence-corrected chi connectivity index (χ2v) is 6.19. The van der Waals surface area contributed by atoms with Gasteiger partial charge in [-0.25, -0.2) is 4.98 Å². The molecule has 0 spiro atoms. The number of imidazole rings is 1. The molecule has 1 aromatic carbocycles. The molecule has 2 heterocycles. The molecule has 3 rings (SSSR count). The Morgan fingerprint density at radius 2 is 2.08 bits per heavy atom. The van der Waals surface area contributed by atoms with Crippen molar-refractivity contribution in [1.29, 1.82) is 0 Å². The Morgan fingerprint density at radius 1 is 1.32 bits per heavy atom. The van der Waals surface area contributed by atoms with Crippen molar-refractivity contribution in [3.8, 4) is 0 Å². The van der Waals surface area contributed by atoms with Crippen molar-refractivity contribution in [1.82, 2.24) is 14.9 Å². The number of carbonyl (C=O) groups excluding carboxylic acids is 2. The highest BCUT2D eigenvalue weighted by Gasteiger charge is 2.34. The van der Waals surface area contributed by atoms with Crippen molar-refractivity contribution in [2.75, 3.05) is 5.01 Å². The summed E-state index contributed by atoms with van der Waals surface area (Å²) in [5.41, 5.74) is 1.18. The summed E-state index contributed by atoms with van der Waals surface area (Å²) in [6.07, 6.45) is 5.57. The predicted octanol–water partition coefficient (Wildman–Crippen LogP) is 1.61. The van der Waals surface area contributed by atoms with E-state index in [1.54, 1.807) is 17.5 Å². The highest BCUT2D eigenvalue weighted by molar-refractivity contribution is 6.40. The van der Waals surface area contributed by atoms with E-state index in [0.717, 1.165) is 5.69 Å². The van der Waals surface area contributed by atoms with Gasteiger partial charge < -0.3 is 9.88 Å². The van der Waals surface area contributed by atoms with Gasteiger partial charge in [0.1, 0.15) is 11.8 Å². The van der Waals surface area contributed by atoms with Crippen LogP contribution in [0.3, 0.4) is 0 Å². The van der Waals surface area contributed by atoms with Crippen LogP contribution in [0.4, 0.5) is 5.69 Å². The lowest BCUT2D eigenvalue weighted by molar-refractivity contribution is -0.118.